The summed E-state index contributed by atoms with van der Waals surface area (Å²) in [6.07, 6.45) is 2.25. The number of fused-ring (bicyclic) bond motifs is 1. The van der Waals surface area contributed by atoms with Crippen LogP contribution < -0.4 is 0 Å². The summed E-state index contributed by atoms with van der Waals surface area (Å²) in [6.45, 7) is 1.67. The molecule has 1 aromatic carbocycles. The Balaban J connectivity index is 2.37. The van der Waals surface area contributed by atoms with Gasteiger partial charge in [0.05, 0.1) is 5.92 Å². The number of carbonyl (C=O) groups is 1. The van der Waals surface area contributed by atoms with Crippen LogP contribution in [0.3, 0.4) is 0 Å². The maximum absolute atomic E-state index is 10.8. The molecule has 0 bridgehead atoms. The van der Waals surface area contributed by atoms with E-state index in [0.717, 1.165) is 16.5 Å². The highest BCUT2D eigenvalue weighted by Crippen LogP contribution is 2.24. The Morgan fingerprint density at radius 1 is 1.50 bits per heavy atom. The number of aliphatic carboxylic acids is 1. The average molecular weight is 219 g/mol. The first-order valence-corrected chi connectivity index (χ1v) is 5.09. The highest BCUT2D eigenvalue weighted by Gasteiger charge is 2.14. The minimum absolute atomic E-state index is 0.191. The molecule has 0 aliphatic rings. The summed E-state index contributed by atoms with van der Waals surface area (Å²) in [4.78, 5) is 13.8. The summed E-state index contributed by atoms with van der Waals surface area (Å²) in [5, 5.41) is 19.1. The number of phenolic OH excluding ortho intramolecular Hbond substituents is 1. The molecular formula is C12H13NO3. The minimum Gasteiger partial charge on any atom is -0.508 e. The number of hydrogen-bond acceptors (Lipinski definition) is 2. The molecule has 0 saturated carbocycles. The van der Waals surface area contributed by atoms with Crippen molar-refractivity contribution in [1.29, 1.82) is 0 Å². The molecule has 4 nitrogen and oxygen atoms in total. The van der Waals surface area contributed by atoms with E-state index in [9.17, 15) is 9.90 Å². The first-order chi connectivity index (χ1) is 7.58. The highest BCUT2D eigenvalue weighted by molar-refractivity contribution is 5.85. The van der Waals surface area contributed by atoms with Crippen LogP contribution in [-0.2, 0) is 11.2 Å². The molecule has 0 spiro atoms. The third-order valence-corrected chi connectivity index (χ3v) is 2.70. The fraction of sp³-hybridized carbons (Fsp3) is 0.250. The van der Waals surface area contributed by atoms with Crippen LogP contribution in [0.25, 0.3) is 10.9 Å². The summed E-state index contributed by atoms with van der Waals surface area (Å²) in [5.41, 5.74) is 1.83. The molecule has 1 aromatic heterocycles. The summed E-state index contributed by atoms with van der Waals surface area (Å²) in [5.74, 6) is -1.05. The van der Waals surface area contributed by atoms with Crippen molar-refractivity contribution in [3.05, 3.63) is 30.0 Å². The Hall–Kier alpha value is -1.97. The number of aromatic hydroxyl groups is 1. The van der Waals surface area contributed by atoms with Gasteiger partial charge in [0.15, 0.2) is 0 Å². The predicted octanol–water partition coefficient (Wildman–Crippen LogP) is 2.14. The second kappa shape index (κ2) is 3.89. The molecule has 1 heterocycles. The first kappa shape index (κ1) is 10.5. The van der Waals surface area contributed by atoms with Gasteiger partial charge < -0.3 is 15.2 Å². The largest absolute Gasteiger partial charge is 0.508 e. The third-order valence-electron chi connectivity index (χ3n) is 2.70. The number of benzene rings is 1. The van der Waals surface area contributed by atoms with E-state index in [1.54, 1.807) is 31.3 Å². The van der Waals surface area contributed by atoms with Crippen molar-refractivity contribution in [1.82, 2.24) is 4.98 Å². The highest BCUT2D eigenvalue weighted by atomic mass is 16.4. The minimum atomic E-state index is -0.811. The van der Waals surface area contributed by atoms with Crippen LogP contribution in [0.5, 0.6) is 5.75 Å². The van der Waals surface area contributed by atoms with E-state index < -0.39 is 11.9 Å². The van der Waals surface area contributed by atoms with Crippen molar-refractivity contribution < 1.29 is 15.0 Å². The molecule has 0 radical (unpaired) electrons. The maximum atomic E-state index is 10.8. The lowest BCUT2D eigenvalue weighted by atomic mass is 10.0. The molecule has 3 N–H and O–H groups in total. The van der Waals surface area contributed by atoms with Crippen LogP contribution in [0.1, 0.15) is 12.5 Å². The van der Waals surface area contributed by atoms with Crippen molar-refractivity contribution in [3.63, 3.8) is 0 Å². The monoisotopic (exact) mass is 219 g/mol. The van der Waals surface area contributed by atoms with Gasteiger partial charge in [-0.3, -0.25) is 4.79 Å². The lowest BCUT2D eigenvalue weighted by Crippen LogP contribution is -2.11. The van der Waals surface area contributed by atoms with Crippen molar-refractivity contribution in [2.45, 2.75) is 13.3 Å². The van der Waals surface area contributed by atoms with Gasteiger partial charge in [-0.1, -0.05) is 6.92 Å². The Kier molecular flexibility index (Phi) is 2.56. The molecule has 0 aliphatic carbocycles. The van der Waals surface area contributed by atoms with Gasteiger partial charge >= 0.3 is 5.97 Å². The standard InChI is InChI=1S/C12H13NO3/c1-7(12(15)16)4-8-6-13-11-3-2-9(14)5-10(8)11/h2-3,5-7,13-14H,4H2,1H3,(H,15,16)/t7-/m0/s1. The first-order valence-electron chi connectivity index (χ1n) is 5.09. The Labute approximate surface area is 92.5 Å². The number of carboxylic acids is 1. The van der Waals surface area contributed by atoms with Crippen LogP contribution in [-0.4, -0.2) is 21.2 Å². The molecule has 0 unspecified atom stereocenters. The lowest BCUT2D eigenvalue weighted by molar-refractivity contribution is -0.141. The molecule has 2 aromatic rings. The van der Waals surface area contributed by atoms with Gasteiger partial charge in [-0.05, 0) is 30.2 Å². The summed E-state index contributed by atoms with van der Waals surface area (Å²) >= 11 is 0. The normalized spacial score (nSPS) is 12.8. The van der Waals surface area contributed by atoms with Crippen LogP contribution in [0.4, 0.5) is 0 Å². The van der Waals surface area contributed by atoms with Crippen LogP contribution >= 0.6 is 0 Å². The SMILES string of the molecule is C[C@@H](Cc1c[nH]c2ccc(O)cc12)C(=O)O. The topological polar surface area (TPSA) is 73.3 Å². The van der Waals surface area contributed by atoms with E-state index in [0.29, 0.717) is 6.42 Å². The van der Waals surface area contributed by atoms with Gasteiger partial charge in [-0.2, -0.15) is 0 Å². The number of aromatic amines is 1. The number of nitrogens with one attached hydrogen (secondary N) is 1. The van der Waals surface area contributed by atoms with Crippen LogP contribution in [0.2, 0.25) is 0 Å². The van der Waals surface area contributed by atoms with Crippen LogP contribution in [0, 0.1) is 5.92 Å². The van der Waals surface area contributed by atoms with E-state index >= 15 is 0 Å². The second-order valence-corrected chi connectivity index (χ2v) is 3.99. The van der Waals surface area contributed by atoms with E-state index in [1.165, 1.54) is 0 Å². The summed E-state index contributed by atoms with van der Waals surface area (Å²) < 4.78 is 0. The van der Waals surface area contributed by atoms with Crippen molar-refractivity contribution in [2.24, 2.45) is 5.92 Å². The van der Waals surface area contributed by atoms with Gasteiger partial charge in [0.1, 0.15) is 5.75 Å². The van der Waals surface area contributed by atoms with E-state index in [4.69, 9.17) is 5.11 Å². The Morgan fingerprint density at radius 3 is 2.94 bits per heavy atom. The molecule has 0 fully saturated rings. The fourth-order valence-electron chi connectivity index (χ4n) is 1.75. The van der Waals surface area contributed by atoms with Gasteiger partial charge in [0.25, 0.3) is 0 Å². The van der Waals surface area contributed by atoms with E-state index in [1.807, 2.05) is 0 Å². The number of H-pyrrole nitrogens is 1. The van der Waals surface area contributed by atoms with E-state index in [2.05, 4.69) is 4.98 Å². The lowest BCUT2D eigenvalue weighted by Gasteiger charge is -2.04. The zero-order valence-corrected chi connectivity index (χ0v) is 8.90. The Morgan fingerprint density at radius 2 is 2.25 bits per heavy atom. The molecule has 0 amide bonds. The molecule has 2 rings (SSSR count). The summed E-state index contributed by atoms with van der Waals surface area (Å²) in [6, 6.07) is 5.03. The fourth-order valence-corrected chi connectivity index (χ4v) is 1.75. The number of hydrogen-bond donors (Lipinski definition) is 3. The van der Waals surface area contributed by atoms with Gasteiger partial charge in [-0.25, -0.2) is 0 Å². The molecular weight excluding hydrogens is 206 g/mol. The zero-order valence-electron chi connectivity index (χ0n) is 8.90. The molecule has 84 valence electrons. The molecule has 16 heavy (non-hydrogen) atoms. The van der Waals surface area contributed by atoms with Crippen LogP contribution in [0.15, 0.2) is 24.4 Å². The number of rotatable bonds is 3. The predicted molar refractivity (Wildman–Crippen MR) is 60.5 cm³/mol. The molecule has 4 heteroatoms. The van der Waals surface area contributed by atoms with E-state index in [-0.39, 0.29) is 5.75 Å². The number of aromatic nitrogens is 1. The molecule has 1 atom stereocenters. The maximum Gasteiger partial charge on any atom is 0.306 e. The summed E-state index contributed by atoms with van der Waals surface area (Å²) in [7, 11) is 0. The average Bonchev–Trinajstić information content (AvgIpc) is 2.61. The van der Waals surface area contributed by atoms with Crippen molar-refractivity contribution in [3.8, 4) is 5.75 Å². The van der Waals surface area contributed by atoms with Gasteiger partial charge in [-0.15, -0.1) is 0 Å². The second-order valence-electron chi connectivity index (χ2n) is 3.99. The van der Waals surface area contributed by atoms with Crippen molar-refractivity contribution in [2.75, 3.05) is 0 Å². The molecule has 0 saturated heterocycles. The Bertz CT molecular complexity index is 530. The number of phenols is 1. The zero-order chi connectivity index (χ0) is 11.7. The quantitative estimate of drug-likeness (QED) is 0.740. The smallest absolute Gasteiger partial charge is 0.306 e. The van der Waals surface area contributed by atoms with Crippen molar-refractivity contribution >= 4 is 16.9 Å². The van der Waals surface area contributed by atoms with Gasteiger partial charge in [0.2, 0.25) is 0 Å². The number of carboxylic acid groups (broad SMARTS) is 1. The van der Waals surface area contributed by atoms with Gasteiger partial charge in [0, 0.05) is 17.1 Å². The molecule has 0 aliphatic heterocycles. The third kappa shape index (κ3) is 1.86.